The molecule has 0 spiro atoms. The molecule has 82 valence electrons. The monoisotopic (exact) mass is 197 g/mol. The van der Waals surface area contributed by atoms with Crippen LogP contribution in [0.15, 0.2) is 0 Å². The van der Waals surface area contributed by atoms with Crippen molar-refractivity contribution < 1.29 is 4.74 Å². The predicted octanol–water partition coefficient (Wildman–Crippen LogP) is 3.66. The van der Waals surface area contributed by atoms with Crippen LogP contribution >= 0.6 is 0 Å². The Morgan fingerprint density at radius 1 is 1.21 bits per heavy atom. The lowest BCUT2D eigenvalue weighted by atomic mass is 10.1. The van der Waals surface area contributed by atoms with Crippen molar-refractivity contribution >= 4 is 0 Å². The van der Waals surface area contributed by atoms with E-state index in [1.54, 1.807) is 0 Å². The van der Waals surface area contributed by atoms with Crippen molar-refractivity contribution in [1.29, 1.82) is 5.26 Å². The molecule has 0 saturated carbocycles. The zero-order chi connectivity index (χ0) is 10.8. The average Bonchev–Trinajstić information content (AvgIpc) is 2.21. The highest BCUT2D eigenvalue weighted by molar-refractivity contribution is 4.83. The fourth-order valence-corrected chi connectivity index (χ4v) is 1.42. The lowest BCUT2D eigenvalue weighted by Crippen LogP contribution is -2.17. The molecular formula is C12H23NO. The summed E-state index contributed by atoms with van der Waals surface area (Å²) >= 11 is 0. The first-order valence-electron chi connectivity index (χ1n) is 5.79. The standard InChI is InChI=1S/C12H23NO/c1-4-6-7-8-9-11(3)14-12(5-2)10-13/h11-12H,4-9H2,1-3H3. The molecule has 0 aromatic carbocycles. The van der Waals surface area contributed by atoms with Crippen molar-refractivity contribution in [2.24, 2.45) is 0 Å². The Bertz CT molecular complexity index is 162. The van der Waals surface area contributed by atoms with Crippen molar-refractivity contribution in [2.45, 2.75) is 71.5 Å². The van der Waals surface area contributed by atoms with Gasteiger partial charge in [-0.05, 0) is 19.8 Å². The number of hydrogen-bond donors (Lipinski definition) is 0. The quantitative estimate of drug-likeness (QED) is 0.556. The summed E-state index contributed by atoms with van der Waals surface area (Å²) in [7, 11) is 0. The van der Waals surface area contributed by atoms with Crippen LogP contribution in [-0.4, -0.2) is 12.2 Å². The van der Waals surface area contributed by atoms with Crippen molar-refractivity contribution in [1.82, 2.24) is 0 Å². The van der Waals surface area contributed by atoms with E-state index in [-0.39, 0.29) is 12.2 Å². The van der Waals surface area contributed by atoms with Gasteiger partial charge in [0.2, 0.25) is 0 Å². The molecule has 0 heterocycles. The molecule has 0 N–H and O–H groups in total. The average molecular weight is 197 g/mol. The molecule has 2 unspecified atom stereocenters. The largest absolute Gasteiger partial charge is 0.360 e. The molecule has 0 radical (unpaired) electrons. The third kappa shape index (κ3) is 6.91. The zero-order valence-electron chi connectivity index (χ0n) is 9.75. The van der Waals surface area contributed by atoms with Crippen LogP contribution in [0.5, 0.6) is 0 Å². The predicted molar refractivity (Wildman–Crippen MR) is 59.0 cm³/mol. The van der Waals surface area contributed by atoms with Crippen LogP contribution in [-0.2, 0) is 4.74 Å². The van der Waals surface area contributed by atoms with Gasteiger partial charge < -0.3 is 4.74 Å². The molecule has 2 nitrogen and oxygen atoms in total. The van der Waals surface area contributed by atoms with Crippen LogP contribution in [0.1, 0.15) is 59.3 Å². The Balaban J connectivity index is 3.45. The highest BCUT2D eigenvalue weighted by Gasteiger charge is 2.09. The lowest BCUT2D eigenvalue weighted by Gasteiger charge is -2.15. The highest BCUT2D eigenvalue weighted by Crippen LogP contribution is 2.10. The Labute approximate surface area is 88.3 Å². The Morgan fingerprint density at radius 3 is 2.43 bits per heavy atom. The van der Waals surface area contributed by atoms with Crippen LogP contribution < -0.4 is 0 Å². The number of ether oxygens (including phenoxy) is 1. The van der Waals surface area contributed by atoms with Crippen LogP contribution in [0.25, 0.3) is 0 Å². The van der Waals surface area contributed by atoms with E-state index >= 15 is 0 Å². The Hall–Kier alpha value is -0.550. The van der Waals surface area contributed by atoms with E-state index in [4.69, 9.17) is 10.00 Å². The number of hydrogen-bond acceptors (Lipinski definition) is 2. The van der Waals surface area contributed by atoms with Gasteiger partial charge in [-0.25, -0.2) is 0 Å². The van der Waals surface area contributed by atoms with Crippen LogP contribution in [0, 0.1) is 11.3 Å². The van der Waals surface area contributed by atoms with Gasteiger partial charge in [-0.1, -0.05) is 39.5 Å². The maximum absolute atomic E-state index is 8.71. The molecule has 0 bridgehead atoms. The summed E-state index contributed by atoms with van der Waals surface area (Å²) < 4.78 is 5.57. The first kappa shape index (κ1) is 13.4. The maximum atomic E-state index is 8.71. The molecule has 0 fully saturated rings. The number of unbranched alkanes of at least 4 members (excludes halogenated alkanes) is 3. The smallest absolute Gasteiger partial charge is 0.144 e. The summed E-state index contributed by atoms with van der Waals surface area (Å²) in [5, 5.41) is 8.71. The fourth-order valence-electron chi connectivity index (χ4n) is 1.42. The molecule has 14 heavy (non-hydrogen) atoms. The zero-order valence-corrected chi connectivity index (χ0v) is 9.75. The molecule has 0 saturated heterocycles. The van der Waals surface area contributed by atoms with E-state index in [1.165, 1.54) is 25.7 Å². The summed E-state index contributed by atoms with van der Waals surface area (Å²) in [5.74, 6) is 0. The van der Waals surface area contributed by atoms with Crippen molar-refractivity contribution in [3.05, 3.63) is 0 Å². The molecule has 0 aliphatic heterocycles. The molecule has 0 amide bonds. The third-order valence-electron chi connectivity index (χ3n) is 2.38. The van der Waals surface area contributed by atoms with Gasteiger partial charge >= 0.3 is 0 Å². The third-order valence-corrected chi connectivity index (χ3v) is 2.38. The molecule has 2 heteroatoms. The van der Waals surface area contributed by atoms with E-state index in [2.05, 4.69) is 19.9 Å². The molecule has 0 rings (SSSR count). The fraction of sp³-hybridized carbons (Fsp3) is 0.917. The minimum atomic E-state index is -0.212. The topological polar surface area (TPSA) is 33.0 Å². The molecule has 2 atom stereocenters. The normalized spacial score (nSPS) is 14.7. The van der Waals surface area contributed by atoms with Gasteiger partial charge in [0.15, 0.2) is 0 Å². The number of rotatable bonds is 8. The second-order valence-electron chi connectivity index (χ2n) is 3.82. The SMILES string of the molecule is CCCCCCC(C)OC(C#N)CC. The van der Waals surface area contributed by atoms with Gasteiger partial charge in [0.25, 0.3) is 0 Å². The van der Waals surface area contributed by atoms with E-state index in [9.17, 15) is 0 Å². The summed E-state index contributed by atoms with van der Waals surface area (Å²) in [6.07, 6.45) is 6.97. The second kappa shape index (κ2) is 9.02. The summed E-state index contributed by atoms with van der Waals surface area (Å²) in [5.41, 5.74) is 0. The Kier molecular flexibility index (Phi) is 8.67. The lowest BCUT2D eigenvalue weighted by molar-refractivity contribution is 0.0207. The van der Waals surface area contributed by atoms with Gasteiger partial charge in [0, 0.05) is 0 Å². The van der Waals surface area contributed by atoms with Crippen molar-refractivity contribution in [2.75, 3.05) is 0 Å². The number of nitrogens with zero attached hydrogens (tertiary/aromatic N) is 1. The van der Waals surface area contributed by atoms with Crippen LogP contribution in [0.3, 0.4) is 0 Å². The minimum absolute atomic E-state index is 0.212. The van der Waals surface area contributed by atoms with E-state index in [1.807, 2.05) is 6.92 Å². The maximum Gasteiger partial charge on any atom is 0.144 e. The highest BCUT2D eigenvalue weighted by atomic mass is 16.5. The van der Waals surface area contributed by atoms with E-state index < -0.39 is 0 Å². The first-order valence-corrected chi connectivity index (χ1v) is 5.79. The molecule has 0 aliphatic rings. The summed E-state index contributed by atoms with van der Waals surface area (Å²) in [6, 6.07) is 2.16. The Morgan fingerprint density at radius 2 is 1.93 bits per heavy atom. The van der Waals surface area contributed by atoms with Crippen molar-refractivity contribution in [3.8, 4) is 6.07 Å². The van der Waals surface area contributed by atoms with Gasteiger partial charge in [-0.15, -0.1) is 0 Å². The molecule has 0 aliphatic carbocycles. The van der Waals surface area contributed by atoms with Gasteiger partial charge in [0.05, 0.1) is 12.2 Å². The number of nitriles is 1. The first-order chi connectivity index (χ1) is 6.74. The van der Waals surface area contributed by atoms with Gasteiger partial charge in [-0.2, -0.15) is 5.26 Å². The van der Waals surface area contributed by atoms with Gasteiger partial charge in [-0.3, -0.25) is 0 Å². The van der Waals surface area contributed by atoms with Crippen molar-refractivity contribution in [3.63, 3.8) is 0 Å². The second-order valence-corrected chi connectivity index (χ2v) is 3.82. The molecule has 0 aromatic heterocycles. The molecule has 0 aromatic rings. The van der Waals surface area contributed by atoms with E-state index in [0.717, 1.165) is 12.8 Å². The van der Waals surface area contributed by atoms with E-state index in [0.29, 0.717) is 0 Å². The van der Waals surface area contributed by atoms with Crippen LogP contribution in [0.4, 0.5) is 0 Å². The molecular weight excluding hydrogens is 174 g/mol. The van der Waals surface area contributed by atoms with Gasteiger partial charge in [0.1, 0.15) is 6.10 Å². The van der Waals surface area contributed by atoms with Crippen LogP contribution in [0.2, 0.25) is 0 Å². The summed E-state index contributed by atoms with van der Waals surface area (Å²) in [4.78, 5) is 0. The minimum Gasteiger partial charge on any atom is -0.360 e. The summed E-state index contributed by atoms with van der Waals surface area (Å²) in [6.45, 7) is 6.26.